The van der Waals surface area contributed by atoms with Gasteiger partial charge in [0.1, 0.15) is 18.1 Å². The van der Waals surface area contributed by atoms with E-state index in [1.54, 1.807) is 18.0 Å². The van der Waals surface area contributed by atoms with Crippen LogP contribution in [0, 0.1) is 11.6 Å². The summed E-state index contributed by atoms with van der Waals surface area (Å²) in [7, 11) is 1.63. The summed E-state index contributed by atoms with van der Waals surface area (Å²) >= 11 is 0. The minimum absolute atomic E-state index is 0.0650. The third-order valence-electron chi connectivity index (χ3n) is 6.75. The molecule has 1 aromatic heterocycles. The minimum Gasteiger partial charge on any atom is -0.486 e. The van der Waals surface area contributed by atoms with E-state index in [4.69, 9.17) is 4.74 Å². The van der Waals surface area contributed by atoms with Crippen molar-refractivity contribution in [1.29, 1.82) is 0 Å². The Bertz CT molecular complexity index is 1310. The molecule has 0 aliphatic carbocycles. The zero-order valence-electron chi connectivity index (χ0n) is 20.6. The topological polar surface area (TPSA) is 70.6 Å². The molecule has 2 aliphatic heterocycles. The van der Waals surface area contributed by atoms with E-state index in [2.05, 4.69) is 21.4 Å². The first kappa shape index (κ1) is 24.0. The molecule has 0 saturated carbocycles. The normalized spacial score (nSPS) is 14.8. The summed E-state index contributed by atoms with van der Waals surface area (Å²) in [6, 6.07) is 9.16. The maximum atomic E-state index is 14.9. The Morgan fingerprint density at radius 3 is 2.75 bits per heavy atom. The average molecular weight is 494 g/mol. The second-order valence-corrected chi connectivity index (χ2v) is 9.43. The van der Waals surface area contributed by atoms with Gasteiger partial charge < -0.3 is 19.9 Å². The highest BCUT2D eigenvalue weighted by molar-refractivity contribution is 5.74. The highest BCUT2D eigenvalue weighted by Crippen LogP contribution is 2.39. The molecule has 3 heterocycles. The predicted molar refractivity (Wildman–Crippen MR) is 133 cm³/mol. The molecule has 188 valence electrons. The van der Waals surface area contributed by atoms with E-state index >= 15 is 0 Å². The first-order valence-electron chi connectivity index (χ1n) is 12.2. The zero-order valence-corrected chi connectivity index (χ0v) is 20.6. The molecule has 0 atom stereocenters. The number of benzene rings is 2. The van der Waals surface area contributed by atoms with Gasteiger partial charge in [0, 0.05) is 38.2 Å². The van der Waals surface area contributed by atoms with Gasteiger partial charge in [0.2, 0.25) is 0 Å². The third kappa shape index (κ3) is 4.57. The largest absolute Gasteiger partial charge is 0.486 e. The van der Waals surface area contributed by atoms with Crippen molar-refractivity contribution in [1.82, 2.24) is 20.2 Å². The molecule has 1 N–H and O–H groups in total. The van der Waals surface area contributed by atoms with Crippen LogP contribution in [0.15, 0.2) is 36.5 Å². The van der Waals surface area contributed by atoms with Crippen molar-refractivity contribution in [3.05, 3.63) is 70.7 Å². The molecule has 9 heteroatoms. The molecule has 0 radical (unpaired) electrons. The van der Waals surface area contributed by atoms with Gasteiger partial charge in [0.05, 0.1) is 18.4 Å². The quantitative estimate of drug-likeness (QED) is 0.586. The summed E-state index contributed by atoms with van der Waals surface area (Å²) < 4.78 is 35.3. The van der Waals surface area contributed by atoms with Gasteiger partial charge in [0.25, 0.3) is 0 Å². The van der Waals surface area contributed by atoms with Crippen molar-refractivity contribution in [2.45, 2.75) is 39.3 Å². The monoisotopic (exact) mass is 493 g/mol. The van der Waals surface area contributed by atoms with Crippen LogP contribution < -0.4 is 15.0 Å². The standard InChI is InChI=1S/C27H29F2N5O2/c1-16(2)34-8-9-36-26-21(28)12-20(13-23(26)34)25-22(29)14-31-24(32-25)11-17-4-5-19-15-33(27(35)30-3)7-6-18(19)10-17/h4-5,10,12-14,16H,6-9,11,15H2,1-3H3,(H,30,35). The van der Waals surface area contributed by atoms with E-state index in [1.165, 1.54) is 11.6 Å². The predicted octanol–water partition coefficient (Wildman–Crippen LogP) is 4.32. The zero-order chi connectivity index (χ0) is 25.4. The summed E-state index contributed by atoms with van der Waals surface area (Å²) in [5, 5.41) is 2.67. The van der Waals surface area contributed by atoms with Crippen LogP contribution in [0.1, 0.15) is 36.4 Å². The lowest BCUT2D eigenvalue weighted by Crippen LogP contribution is -2.41. The van der Waals surface area contributed by atoms with Crippen molar-refractivity contribution < 1.29 is 18.3 Å². The van der Waals surface area contributed by atoms with Crippen LogP contribution in [0.4, 0.5) is 19.3 Å². The number of nitrogens with zero attached hydrogens (tertiary/aromatic N) is 4. The molecule has 5 rings (SSSR count). The summed E-state index contributed by atoms with van der Waals surface area (Å²) in [5.41, 5.74) is 4.30. The van der Waals surface area contributed by atoms with Crippen LogP contribution in [0.25, 0.3) is 11.3 Å². The van der Waals surface area contributed by atoms with Crippen molar-refractivity contribution >= 4 is 11.7 Å². The van der Waals surface area contributed by atoms with Crippen molar-refractivity contribution in [2.24, 2.45) is 0 Å². The molecule has 0 spiro atoms. The highest BCUT2D eigenvalue weighted by Gasteiger charge is 2.26. The van der Waals surface area contributed by atoms with Gasteiger partial charge in [-0.15, -0.1) is 0 Å². The van der Waals surface area contributed by atoms with E-state index in [0.717, 1.165) is 23.7 Å². The number of halogens is 2. The van der Waals surface area contributed by atoms with E-state index in [0.29, 0.717) is 49.7 Å². The number of carbonyl (C=O) groups is 1. The highest BCUT2D eigenvalue weighted by atomic mass is 19.1. The molecule has 2 amide bonds. The molecular weight excluding hydrogens is 464 g/mol. The molecule has 2 aliphatic rings. The lowest BCUT2D eigenvalue weighted by atomic mass is 9.96. The van der Waals surface area contributed by atoms with Gasteiger partial charge in [0.15, 0.2) is 17.4 Å². The third-order valence-corrected chi connectivity index (χ3v) is 6.75. The first-order valence-corrected chi connectivity index (χ1v) is 12.2. The number of rotatable bonds is 4. The van der Waals surface area contributed by atoms with Crippen molar-refractivity contribution in [3.63, 3.8) is 0 Å². The Hall–Kier alpha value is -3.75. The maximum absolute atomic E-state index is 14.9. The summed E-state index contributed by atoms with van der Waals surface area (Å²) in [6.07, 6.45) is 2.31. The fourth-order valence-electron chi connectivity index (χ4n) is 4.90. The number of hydrogen-bond donors (Lipinski definition) is 1. The maximum Gasteiger partial charge on any atom is 0.317 e. The fraction of sp³-hybridized carbons (Fsp3) is 0.370. The van der Waals surface area contributed by atoms with Gasteiger partial charge in [-0.05, 0) is 49.1 Å². The van der Waals surface area contributed by atoms with Gasteiger partial charge in [-0.25, -0.2) is 23.5 Å². The number of ether oxygens (including phenoxy) is 1. The number of carbonyl (C=O) groups excluding carboxylic acids is 1. The molecular formula is C27H29F2N5O2. The molecule has 0 bridgehead atoms. The Balaban J connectivity index is 1.42. The molecule has 7 nitrogen and oxygen atoms in total. The van der Waals surface area contributed by atoms with Crippen LogP contribution in [0.3, 0.4) is 0 Å². The molecule has 36 heavy (non-hydrogen) atoms. The first-order chi connectivity index (χ1) is 17.3. The summed E-state index contributed by atoms with van der Waals surface area (Å²) in [5.74, 6) is -0.500. The van der Waals surface area contributed by atoms with E-state index in [1.807, 2.05) is 30.9 Å². The van der Waals surface area contributed by atoms with Crippen molar-refractivity contribution in [2.75, 3.05) is 31.6 Å². The Labute approximate surface area is 209 Å². The summed E-state index contributed by atoms with van der Waals surface area (Å²) in [6.45, 7) is 6.29. The number of amides is 2. The molecule has 2 aromatic carbocycles. The smallest absolute Gasteiger partial charge is 0.317 e. The van der Waals surface area contributed by atoms with Crippen LogP contribution in [0.5, 0.6) is 5.75 Å². The average Bonchev–Trinajstić information content (AvgIpc) is 2.88. The van der Waals surface area contributed by atoms with Crippen LogP contribution in [0.2, 0.25) is 0 Å². The van der Waals surface area contributed by atoms with Crippen LogP contribution in [-0.4, -0.2) is 53.7 Å². The van der Waals surface area contributed by atoms with Crippen LogP contribution >= 0.6 is 0 Å². The molecule has 3 aromatic rings. The Kier molecular flexibility index (Phi) is 6.47. The summed E-state index contributed by atoms with van der Waals surface area (Å²) in [4.78, 5) is 24.4. The lowest BCUT2D eigenvalue weighted by Gasteiger charge is -2.34. The van der Waals surface area contributed by atoms with Gasteiger partial charge in [-0.1, -0.05) is 18.2 Å². The number of nitrogens with one attached hydrogen (secondary N) is 1. The second-order valence-electron chi connectivity index (χ2n) is 9.43. The van der Waals surface area contributed by atoms with Crippen molar-refractivity contribution in [3.8, 4) is 17.0 Å². The van der Waals surface area contributed by atoms with E-state index < -0.39 is 11.6 Å². The minimum atomic E-state index is -0.606. The molecule has 0 unspecified atom stereocenters. The van der Waals surface area contributed by atoms with E-state index in [9.17, 15) is 13.6 Å². The van der Waals surface area contributed by atoms with Gasteiger partial charge >= 0.3 is 6.03 Å². The van der Waals surface area contributed by atoms with Gasteiger partial charge in [-0.2, -0.15) is 0 Å². The Morgan fingerprint density at radius 2 is 1.97 bits per heavy atom. The lowest BCUT2D eigenvalue weighted by molar-refractivity contribution is 0.194. The number of aromatic nitrogens is 2. The molecule has 0 saturated heterocycles. The number of urea groups is 1. The second kappa shape index (κ2) is 9.72. The Morgan fingerprint density at radius 1 is 1.14 bits per heavy atom. The van der Waals surface area contributed by atoms with Gasteiger partial charge in [-0.3, -0.25) is 0 Å². The van der Waals surface area contributed by atoms with Crippen LogP contribution in [-0.2, 0) is 19.4 Å². The number of anilines is 1. The number of fused-ring (bicyclic) bond motifs is 2. The number of hydrogen-bond acceptors (Lipinski definition) is 5. The fourth-order valence-corrected chi connectivity index (χ4v) is 4.90. The molecule has 0 fully saturated rings. The van der Waals surface area contributed by atoms with E-state index in [-0.39, 0.29) is 23.5 Å². The SMILES string of the molecule is CNC(=O)N1CCc2cc(Cc3ncc(F)c(-c4cc(F)c5c(c4)N(C(C)C)CCO5)n3)ccc2C1.